The van der Waals surface area contributed by atoms with E-state index in [0.717, 1.165) is 16.9 Å². The Morgan fingerprint density at radius 2 is 2.03 bits per heavy atom. The lowest BCUT2D eigenvalue weighted by atomic mass is 10.2. The number of nitrogens with two attached hydrogens (primary N) is 1. The van der Waals surface area contributed by atoms with Crippen LogP contribution in [0.5, 0.6) is 0 Å². The van der Waals surface area contributed by atoms with Gasteiger partial charge in [0.25, 0.3) is 0 Å². The van der Waals surface area contributed by atoms with Gasteiger partial charge in [-0.15, -0.1) is 14.3 Å². The van der Waals surface area contributed by atoms with Crippen LogP contribution in [0, 0.1) is 0 Å². The zero-order chi connectivity index (χ0) is 20.2. The minimum absolute atomic E-state index is 0.0309. The number of rotatable bonds is 6. The Morgan fingerprint density at radius 1 is 1.17 bits per heavy atom. The van der Waals surface area contributed by atoms with Crippen LogP contribution in [0.25, 0.3) is 16.9 Å². The molecule has 9 nitrogen and oxygen atoms in total. The van der Waals surface area contributed by atoms with E-state index >= 15 is 0 Å². The Balaban J connectivity index is 1.63. The van der Waals surface area contributed by atoms with E-state index in [1.165, 1.54) is 0 Å². The van der Waals surface area contributed by atoms with Crippen LogP contribution in [-0.2, 0) is 11.3 Å². The molecule has 146 valence electrons. The summed E-state index contributed by atoms with van der Waals surface area (Å²) in [4.78, 5) is 20.3. The molecule has 2 aromatic carbocycles. The Morgan fingerprint density at radius 3 is 2.86 bits per heavy atom. The fourth-order valence-corrected chi connectivity index (χ4v) is 2.92. The maximum atomic E-state index is 11.5. The quantitative estimate of drug-likeness (QED) is 0.331. The summed E-state index contributed by atoms with van der Waals surface area (Å²) in [6, 6.07) is 15.0. The van der Waals surface area contributed by atoms with Gasteiger partial charge in [0.05, 0.1) is 11.9 Å². The first kappa shape index (κ1) is 18.8. The van der Waals surface area contributed by atoms with Gasteiger partial charge in [-0.2, -0.15) is 9.67 Å². The van der Waals surface area contributed by atoms with Crippen molar-refractivity contribution in [2.75, 3.05) is 17.2 Å². The molecule has 0 aliphatic heterocycles. The molecule has 2 heterocycles. The summed E-state index contributed by atoms with van der Waals surface area (Å²) in [6.07, 6.45) is 1.98. The molecule has 4 N–H and O–H groups in total. The predicted octanol–water partition coefficient (Wildman–Crippen LogP) is 2.03. The van der Waals surface area contributed by atoms with Gasteiger partial charge in [-0.25, -0.2) is 4.98 Å². The third kappa shape index (κ3) is 4.30. The Kier molecular flexibility index (Phi) is 5.31. The minimum atomic E-state index is -0.0309. The number of fused-ring (bicyclic) bond motifs is 1. The standard InChI is InChI=1S/C19H19N8OP/c20-13-4-2-5-14(8-13)23-19-22-10-16-18(24-19)27(26-25-16)15-6-1-3-12(7-15)9-21-17(28)11-29/h1-8,10H,9,11,20,29H2,(H,21,28)(H,22,23,24). The highest BCUT2D eigenvalue weighted by molar-refractivity contribution is 7.18. The molecule has 1 amide bonds. The first-order chi connectivity index (χ1) is 14.1. The van der Waals surface area contributed by atoms with Crippen molar-refractivity contribution in [3.8, 4) is 5.69 Å². The zero-order valence-electron chi connectivity index (χ0n) is 15.4. The van der Waals surface area contributed by atoms with Crippen LogP contribution in [0.1, 0.15) is 5.56 Å². The Labute approximate surface area is 168 Å². The third-order valence-electron chi connectivity index (χ3n) is 4.17. The van der Waals surface area contributed by atoms with Gasteiger partial charge in [-0.05, 0) is 35.9 Å². The van der Waals surface area contributed by atoms with E-state index in [9.17, 15) is 4.79 Å². The molecule has 0 aliphatic carbocycles. The summed E-state index contributed by atoms with van der Waals surface area (Å²) in [6.45, 7) is 0.435. The number of hydrogen-bond donors (Lipinski definition) is 3. The van der Waals surface area contributed by atoms with Crippen LogP contribution in [0.3, 0.4) is 0 Å². The number of anilines is 3. The van der Waals surface area contributed by atoms with Crippen molar-refractivity contribution < 1.29 is 4.79 Å². The smallest absolute Gasteiger partial charge is 0.229 e. The number of nitrogens with one attached hydrogen (secondary N) is 2. The topological polar surface area (TPSA) is 124 Å². The first-order valence-electron chi connectivity index (χ1n) is 8.89. The first-order valence-corrected chi connectivity index (χ1v) is 9.71. The second-order valence-electron chi connectivity index (χ2n) is 6.30. The summed E-state index contributed by atoms with van der Waals surface area (Å²) in [5.41, 5.74) is 10.1. The van der Waals surface area contributed by atoms with Crippen LogP contribution in [0.4, 0.5) is 17.3 Å². The summed E-state index contributed by atoms with van der Waals surface area (Å²) in [7, 11) is 2.41. The van der Waals surface area contributed by atoms with Gasteiger partial charge in [-0.3, -0.25) is 4.79 Å². The number of carbonyl (C=O) groups excluding carboxylic acids is 1. The second kappa shape index (κ2) is 8.20. The fraction of sp³-hybridized carbons (Fsp3) is 0.105. The van der Waals surface area contributed by atoms with Gasteiger partial charge in [0.2, 0.25) is 11.9 Å². The number of hydrogen-bond acceptors (Lipinski definition) is 7. The maximum absolute atomic E-state index is 11.5. The monoisotopic (exact) mass is 406 g/mol. The van der Waals surface area contributed by atoms with Crippen molar-refractivity contribution in [3.05, 3.63) is 60.3 Å². The van der Waals surface area contributed by atoms with Crippen molar-refractivity contribution in [1.82, 2.24) is 30.3 Å². The van der Waals surface area contributed by atoms with Crippen LogP contribution >= 0.6 is 9.24 Å². The van der Waals surface area contributed by atoms with Gasteiger partial charge in [0.1, 0.15) is 0 Å². The molecule has 0 saturated carbocycles. The minimum Gasteiger partial charge on any atom is -0.399 e. The molecule has 0 fully saturated rings. The van der Waals surface area contributed by atoms with Gasteiger partial charge in [-0.1, -0.05) is 23.4 Å². The molecule has 4 rings (SSSR count). The van der Waals surface area contributed by atoms with Gasteiger partial charge < -0.3 is 16.4 Å². The number of benzene rings is 2. The van der Waals surface area contributed by atoms with E-state index in [1.54, 1.807) is 16.9 Å². The highest BCUT2D eigenvalue weighted by Gasteiger charge is 2.11. The molecular weight excluding hydrogens is 387 g/mol. The average molecular weight is 406 g/mol. The summed E-state index contributed by atoms with van der Waals surface area (Å²) in [5.74, 6) is 0.382. The molecule has 0 saturated heterocycles. The van der Waals surface area contributed by atoms with Crippen LogP contribution < -0.4 is 16.4 Å². The predicted molar refractivity (Wildman–Crippen MR) is 115 cm³/mol. The normalized spacial score (nSPS) is 10.8. The average Bonchev–Trinajstić information content (AvgIpc) is 3.15. The lowest BCUT2D eigenvalue weighted by molar-refractivity contribution is -0.118. The number of carbonyl (C=O) groups is 1. The van der Waals surface area contributed by atoms with E-state index < -0.39 is 0 Å². The van der Waals surface area contributed by atoms with E-state index in [0.29, 0.717) is 35.5 Å². The number of nitrogens with zero attached hydrogens (tertiary/aromatic N) is 5. The molecule has 0 bridgehead atoms. The number of amides is 1. The van der Waals surface area contributed by atoms with E-state index in [4.69, 9.17) is 5.73 Å². The molecule has 1 unspecified atom stereocenters. The van der Waals surface area contributed by atoms with Crippen LogP contribution in [-0.4, -0.2) is 37.0 Å². The highest BCUT2D eigenvalue weighted by Crippen LogP contribution is 2.19. The number of nitrogen functional groups attached to an aromatic ring is 1. The lowest BCUT2D eigenvalue weighted by Crippen LogP contribution is -2.23. The number of aromatic nitrogens is 5. The molecule has 1 atom stereocenters. The molecule has 2 aromatic heterocycles. The maximum Gasteiger partial charge on any atom is 0.229 e. The molecule has 0 radical (unpaired) electrons. The largest absolute Gasteiger partial charge is 0.399 e. The van der Waals surface area contributed by atoms with E-state index in [2.05, 4.69) is 40.2 Å². The molecular formula is C19H19N8OP. The summed E-state index contributed by atoms with van der Waals surface area (Å²) >= 11 is 0. The lowest BCUT2D eigenvalue weighted by Gasteiger charge is -2.08. The van der Waals surface area contributed by atoms with Crippen LogP contribution in [0.2, 0.25) is 0 Å². The van der Waals surface area contributed by atoms with Crippen molar-refractivity contribution >= 4 is 43.6 Å². The van der Waals surface area contributed by atoms with E-state index in [-0.39, 0.29) is 5.91 Å². The van der Waals surface area contributed by atoms with Crippen molar-refractivity contribution in [3.63, 3.8) is 0 Å². The third-order valence-corrected chi connectivity index (χ3v) is 4.54. The van der Waals surface area contributed by atoms with Crippen molar-refractivity contribution in [2.24, 2.45) is 0 Å². The molecule has 0 spiro atoms. The SMILES string of the molecule is Nc1cccc(Nc2ncc3nnn(-c4cccc(CNC(=O)CP)c4)c3n2)c1. The Bertz CT molecular complexity index is 1180. The van der Waals surface area contributed by atoms with Crippen LogP contribution in [0.15, 0.2) is 54.7 Å². The van der Waals surface area contributed by atoms with E-state index in [1.807, 2.05) is 42.5 Å². The second-order valence-corrected chi connectivity index (χ2v) is 6.71. The highest BCUT2D eigenvalue weighted by atomic mass is 31.0. The van der Waals surface area contributed by atoms with Crippen molar-refractivity contribution in [1.29, 1.82) is 0 Å². The molecule has 0 aliphatic rings. The molecule has 4 aromatic rings. The Hall–Kier alpha value is -3.58. The summed E-state index contributed by atoms with van der Waals surface area (Å²) < 4.78 is 1.64. The van der Waals surface area contributed by atoms with Gasteiger partial charge in [0.15, 0.2) is 11.2 Å². The fourth-order valence-electron chi connectivity index (χ4n) is 2.78. The van der Waals surface area contributed by atoms with Crippen molar-refractivity contribution in [2.45, 2.75) is 6.54 Å². The van der Waals surface area contributed by atoms with Gasteiger partial charge >= 0.3 is 0 Å². The molecule has 10 heteroatoms. The van der Waals surface area contributed by atoms with Gasteiger partial charge in [0, 0.05) is 24.1 Å². The zero-order valence-corrected chi connectivity index (χ0v) is 16.6. The summed E-state index contributed by atoms with van der Waals surface area (Å²) in [5, 5.41) is 14.3. The molecule has 29 heavy (non-hydrogen) atoms.